The number of nitrogens with zero attached hydrogens (tertiary/aromatic N) is 2. The van der Waals surface area contributed by atoms with Gasteiger partial charge in [0.2, 0.25) is 0 Å². The summed E-state index contributed by atoms with van der Waals surface area (Å²) in [5.74, 6) is 0. The van der Waals surface area contributed by atoms with Crippen molar-refractivity contribution < 1.29 is 4.42 Å². The van der Waals surface area contributed by atoms with Crippen molar-refractivity contribution in [1.82, 2.24) is 10.3 Å². The van der Waals surface area contributed by atoms with Crippen molar-refractivity contribution in [2.24, 2.45) is 0 Å². The maximum atomic E-state index is 5.58. The van der Waals surface area contributed by atoms with E-state index in [4.69, 9.17) is 4.42 Å². The third-order valence-corrected chi connectivity index (χ3v) is 4.17. The van der Waals surface area contributed by atoms with Crippen molar-refractivity contribution in [3.63, 3.8) is 0 Å². The highest BCUT2D eigenvalue weighted by Gasteiger charge is 2.16. The number of nitrogens with one attached hydrogen (secondary N) is 1. The first kappa shape index (κ1) is 15.1. The molecule has 0 aliphatic heterocycles. The Hall–Kier alpha value is -1.33. The van der Waals surface area contributed by atoms with E-state index in [2.05, 4.69) is 53.5 Å². The van der Waals surface area contributed by atoms with Gasteiger partial charge in [0.15, 0.2) is 0 Å². The van der Waals surface area contributed by atoms with Gasteiger partial charge in [-0.15, -0.1) is 11.3 Å². The van der Waals surface area contributed by atoms with Crippen LogP contribution in [0, 0.1) is 0 Å². The number of likely N-dealkylation sites (N-methyl/N-ethyl adjacent to an activating group) is 1. The molecule has 0 aromatic carbocycles. The Balaban J connectivity index is 1.92. The molecule has 0 aliphatic carbocycles. The molecule has 0 spiro atoms. The van der Waals surface area contributed by atoms with Gasteiger partial charge in [0, 0.05) is 37.0 Å². The van der Waals surface area contributed by atoms with E-state index in [0.29, 0.717) is 18.1 Å². The van der Waals surface area contributed by atoms with Crippen LogP contribution in [0.1, 0.15) is 31.3 Å². The summed E-state index contributed by atoms with van der Waals surface area (Å²) in [7, 11) is 2.03. The fraction of sp³-hybridized carbons (Fsp3) is 0.533. The van der Waals surface area contributed by atoms with Crippen LogP contribution < -0.4 is 10.2 Å². The molecular weight excluding hydrogens is 270 g/mol. The quantitative estimate of drug-likeness (QED) is 0.850. The van der Waals surface area contributed by atoms with Crippen molar-refractivity contribution in [1.29, 1.82) is 0 Å². The predicted molar refractivity (Wildman–Crippen MR) is 84.4 cm³/mol. The van der Waals surface area contributed by atoms with Crippen LogP contribution in [0.4, 0.5) is 6.01 Å². The van der Waals surface area contributed by atoms with Gasteiger partial charge in [-0.1, -0.05) is 19.9 Å². The summed E-state index contributed by atoms with van der Waals surface area (Å²) in [5, 5.41) is 5.45. The Kier molecular flexibility index (Phi) is 5.20. The lowest BCUT2D eigenvalue weighted by atomic mass is 10.2. The van der Waals surface area contributed by atoms with Gasteiger partial charge in [0.1, 0.15) is 6.26 Å². The molecule has 1 N–H and O–H groups in total. The van der Waals surface area contributed by atoms with E-state index in [1.807, 2.05) is 7.05 Å². The van der Waals surface area contributed by atoms with Crippen LogP contribution in [0.15, 0.2) is 28.2 Å². The topological polar surface area (TPSA) is 41.3 Å². The molecule has 2 aromatic rings. The van der Waals surface area contributed by atoms with Crippen LogP contribution in [0.2, 0.25) is 0 Å². The van der Waals surface area contributed by atoms with E-state index in [9.17, 15) is 0 Å². The molecule has 0 amide bonds. The summed E-state index contributed by atoms with van der Waals surface area (Å²) in [6.45, 7) is 7.18. The second kappa shape index (κ2) is 6.90. The van der Waals surface area contributed by atoms with Crippen molar-refractivity contribution in [2.75, 3.05) is 11.9 Å². The monoisotopic (exact) mass is 293 g/mol. The molecule has 2 heterocycles. The summed E-state index contributed by atoms with van der Waals surface area (Å²) in [5.41, 5.74) is 0.948. The third kappa shape index (κ3) is 4.08. The van der Waals surface area contributed by atoms with Crippen molar-refractivity contribution in [3.8, 4) is 0 Å². The number of aromatic nitrogens is 1. The Morgan fingerprint density at radius 3 is 2.85 bits per heavy atom. The highest BCUT2D eigenvalue weighted by atomic mass is 32.1. The van der Waals surface area contributed by atoms with Crippen LogP contribution in [0.3, 0.4) is 0 Å². The number of rotatable bonds is 7. The minimum Gasteiger partial charge on any atom is -0.432 e. The lowest BCUT2D eigenvalue weighted by Crippen LogP contribution is -2.30. The van der Waals surface area contributed by atoms with Crippen LogP contribution >= 0.6 is 11.3 Å². The van der Waals surface area contributed by atoms with Gasteiger partial charge in [-0.05, 0) is 18.4 Å². The second-order valence-corrected chi connectivity index (χ2v) is 6.43. The Bertz CT molecular complexity index is 507. The Morgan fingerprint density at radius 1 is 1.40 bits per heavy atom. The molecule has 1 unspecified atom stereocenters. The number of oxazole rings is 1. The molecule has 0 saturated carbocycles. The summed E-state index contributed by atoms with van der Waals surface area (Å²) in [6, 6.07) is 5.76. The smallest absolute Gasteiger partial charge is 0.297 e. The van der Waals surface area contributed by atoms with E-state index >= 15 is 0 Å². The van der Waals surface area contributed by atoms with E-state index in [1.54, 1.807) is 17.6 Å². The van der Waals surface area contributed by atoms with Gasteiger partial charge in [0.25, 0.3) is 6.01 Å². The zero-order chi connectivity index (χ0) is 14.5. The minimum atomic E-state index is 0.359. The summed E-state index contributed by atoms with van der Waals surface area (Å²) in [6.07, 6.45) is 2.75. The molecule has 4 nitrogen and oxygen atoms in total. The molecule has 0 aliphatic rings. The normalized spacial score (nSPS) is 12.8. The number of hydrogen-bond donors (Lipinski definition) is 1. The SMILES string of the molecule is CC(C)NCc1coc(N(C)C(C)Cc2cccs2)n1. The molecule has 0 bridgehead atoms. The average molecular weight is 293 g/mol. The van der Waals surface area contributed by atoms with E-state index in [1.165, 1.54) is 4.88 Å². The predicted octanol–water partition coefficient (Wildman–Crippen LogP) is 3.30. The lowest BCUT2D eigenvalue weighted by Gasteiger charge is -2.22. The molecule has 20 heavy (non-hydrogen) atoms. The van der Waals surface area contributed by atoms with Gasteiger partial charge in [-0.25, -0.2) is 0 Å². The van der Waals surface area contributed by atoms with Gasteiger partial charge >= 0.3 is 0 Å². The van der Waals surface area contributed by atoms with E-state index in [-0.39, 0.29) is 0 Å². The largest absolute Gasteiger partial charge is 0.432 e. The summed E-state index contributed by atoms with van der Waals surface area (Å²) < 4.78 is 5.58. The van der Waals surface area contributed by atoms with Crippen LogP contribution in [-0.4, -0.2) is 24.1 Å². The number of thiophene rings is 1. The zero-order valence-corrected chi connectivity index (χ0v) is 13.4. The van der Waals surface area contributed by atoms with Crippen LogP contribution in [0.5, 0.6) is 0 Å². The molecule has 0 fully saturated rings. The van der Waals surface area contributed by atoms with E-state index < -0.39 is 0 Å². The lowest BCUT2D eigenvalue weighted by molar-refractivity contribution is 0.518. The van der Waals surface area contributed by atoms with Gasteiger partial charge in [-0.2, -0.15) is 4.98 Å². The van der Waals surface area contributed by atoms with Gasteiger partial charge < -0.3 is 14.6 Å². The summed E-state index contributed by atoms with van der Waals surface area (Å²) >= 11 is 1.79. The van der Waals surface area contributed by atoms with Crippen molar-refractivity contribution in [2.45, 2.75) is 45.8 Å². The van der Waals surface area contributed by atoms with Crippen molar-refractivity contribution >= 4 is 17.4 Å². The average Bonchev–Trinajstić information content (AvgIpc) is 3.06. The fourth-order valence-electron chi connectivity index (χ4n) is 1.89. The zero-order valence-electron chi connectivity index (χ0n) is 12.6. The standard InChI is InChI=1S/C15H23N3OS/c1-11(2)16-9-13-10-19-15(17-13)18(4)12(3)8-14-6-5-7-20-14/h5-7,10-12,16H,8-9H2,1-4H3. The molecule has 1 atom stereocenters. The highest BCUT2D eigenvalue weighted by Crippen LogP contribution is 2.19. The minimum absolute atomic E-state index is 0.359. The maximum absolute atomic E-state index is 5.58. The fourth-order valence-corrected chi connectivity index (χ4v) is 2.72. The molecular formula is C15H23N3OS. The van der Waals surface area contributed by atoms with Crippen LogP contribution in [0.25, 0.3) is 0 Å². The Morgan fingerprint density at radius 2 is 2.20 bits per heavy atom. The number of anilines is 1. The first-order valence-electron chi connectivity index (χ1n) is 6.99. The first-order chi connectivity index (χ1) is 9.56. The molecule has 5 heteroatoms. The molecule has 0 radical (unpaired) electrons. The second-order valence-electron chi connectivity index (χ2n) is 5.40. The highest BCUT2D eigenvalue weighted by molar-refractivity contribution is 7.09. The van der Waals surface area contributed by atoms with Gasteiger partial charge in [-0.3, -0.25) is 0 Å². The molecule has 110 valence electrons. The van der Waals surface area contributed by atoms with Crippen LogP contribution in [-0.2, 0) is 13.0 Å². The Labute approximate surface area is 124 Å². The van der Waals surface area contributed by atoms with Crippen molar-refractivity contribution in [3.05, 3.63) is 34.3 Å². The summed E-state index contributed by atoms with van der Waals surface area (Å²) in [4.78, 5) is 8.02. The molecule has 2 rings (SSSR count). The van der Waals surface area contributed by atoms with Gasteiger partial charge in [0.05, 0.1) is 5.69 Å². The first-order valence-corrected chi connectivity index (χ1v) is 7.87. The number of hydrogen-bond acceptors (Lipinski definition) is 5. The third-order valence-electron chi connectivity index (χ3n) is 3.27. The molecule has 0 saturated heterocycles. The molecule has 2 aromatic heterocycles. The maximum Gasteiger partial charge on any atom is 0.297 e. The van der Waals surface area contributed by atoms with E-state index in [0.717, 1.165) is 18.7 Å².